The van der Waals surface area contributed by atoms with Gasteiger partial charge in [-0.2, -0.15) is 0 Å². The third kappa shape index (κ3) is 2.80. The van der Waals surface area contributed by atoms with Crippen LogP contribution in [0.15, 0.2) is 17.5 Å². The Balaban J connectivity index is 2.49. The lowest BCUT2D eigenvalue weighted by molar-refractivity contribution is 0.413. The molecule has 1 heterocycles. The van der Waals surface area contributed by atoms with Gasteiger partial charge in [0.15, 0.2) is 0 Å². The quantitative estimate of drug-likeness (QED) is 0.924. The molecule has 4 heteroatoms. The molecule has 0 aliphatic rings. The highest BCUT2D eigenvalue weighted by Gasteiger charge is 2.14. The number of nitrogens with zero attached hydrogens (tertiary/aromatic N) is 1. The molecule has 0 fully saturated rings. The molecule has 2 aromatic rings. The summed E-state index contributed by atoms with van der Waals surface area (Å²) in [5.74, 6) is 0.916. The summed E-state index contributed by atoms with van der Waals surface area (Å²) in [4.78, 5) is 4.72. The molecule has 0 aliphatic heterocycles. The van der Waals surface area contributed by atoms with Gasteiger partial charge >= 0.3 is 0 Å². The minimum absolute atomic E-state index is 0.274. The van der Waals surface area contributed by atoms with Gasteiger partial charge < -0.3 is 10.1 Å². The fourth-order valence-electron chi connectivity index (χ4n) is 2.15. The van der Waals surface area contributed by atoms with E-state index in [1.165, 1.54) is 5.56 Å². The third-order valence-corrected chi connectivity index (χ3v) is 4.25. The van der Waals surface area contributed by atoms with Gasteiger partial charge in [0, 0.05) is 10.9 Å². The van der Waals surface area contributed by atoms with Crippen molar-refractivity contribution < 1.29 is 4.74 Å². The van der Waals surface area contributed by atoms with E-state index in [0.717, 1.165) is 27.6 Å². The largest absolute Gasteiger partial charge is 0.496 e. The van der Waals surface area contributed by atoms with Gasteiger partial charge in [-0.25, -0.2) is 4.98 Å². The van der Waals surface area contributed by atoms with Crippen molar-refractivity contribution in [2.45, 2.75) is 26.8 Å². The summed E-state index contributed by atoms with van der Waals surface area (Å²) < 4.78 is 5.53. The highest BCUT2D eigenvalue weighted by molar-refractivity contribution is 7.10. The number of hydrogen-bond donors (Lipinski definition) is 1. The first kappa shape index (κ1) is 14.0. The molecule has 0 spiro atoms. The van der Waals surface area contributed by atoms with E-state index in [1.54, 1.807) is 18.4 Å². The van der Waals surface area contributed by atoms with E-state index in [1.807, 2.05) is 7.05 Å². The molecule has 1 aromatic carbocycles. The fraction of sp³-hybridized carbons (Fsp3) is 0.400. The van der Waals surface area contributed by atoms with Crippen molar-refractivity contribution in [3.63, 3.8) is 0 Å². The van der Waals surface area contributed by atoms with E-state index in [0.29, 0.717) is 0 Å². The smallest absolute Gasteiger partial charge is 0.131 e. The van der Waals surface area contributed by atoms with Gasteiger partial charge in [0.05, 0.1) is 18.8 Å². The van der Waals surface area contributed by atoms with Crippen LogP contribution in [0.5, 0.6) is 5.75 Å². The highest BCUT2D eigenvalue weighted by Crippen LogP contribution is 2.35. The Morgan fingerprint density at radius 3 is 2.68 bits per heavy atom. The van der Waals surface area contributed by atoms with Crippen LogP contribution >= 0.6 is 11.3 Å². The van der Waals surface area contributed by atoms with Crippen LogP contribution in [0.4, 0.5) is 0 Å². The van der Waals surface area contributed by atoms with E-state index in [2.05, 4.69) is 43.6 Å². The molecule has 1 N–H and O–H groups in total. The summed E-state index contributed by atoms with van der Waals surface area (Å²) in [5, 5.41) is 6.41. The van der Waals surface area contributed by atoms with Crippen LogP contribution in [0.25, 0.3) is 11.3 Å². The van der Waals surface area contributed by atoms with Crippen molar-refractivity contribution in [1.29, 1.82) is 0 Å². The van der Waals surface area contributed by atoms with E-state index < -0.39 is 0 Å². The van der Waals surface area contributed by atoms with E-state index >= 15 is 0 Å². The molecule has 19 heavy (non-hydrogen) atoms. The summed E-state index contributed by atoms with van der Waals surface area (Å²) >= 11 is 1.68. The summed E-state index contributed by atoms with van der Waals surface area (Å²) in [6, 6.07) is 4.54. The number of methoxy groups -OCH3 is 1. The monoisotopic (exact) mass is 276 g/mol. The second kappa shape index (κ2) is 5.72. The Morgan fingerprint density at radius 1 is 1.32 bits per heavy atom. The number of nitrogens with one attached hydrogen (secondary N) is 1. The molecule has 1 unspecified atom stereocenters. The van der Waals surface area contributed by atoms with Crippen LogP contribution in [0.2, 0.25) is 0 Å². The lowest BCUT2D eigenvalue weighted by atomic mass is 10.0. The zero-order valence-corrected chi connectivity index (χ0v) is 12.9. The Bertz CT molecular complexity index is 578. The number of aryl methyl sites for hydroxylation is 2. The van der Waals surface area contributed by atoms with Crippen LogP contribution in [0.1, 0.15) is 29.1 Å². The maximum absolute atomic E-state index is 5.53. The molecule has 1 aromatic heterocycles. The molecule has 0 bridgehead atoms. The average Bonchev–Trinajstić information content (AvgIpc) is 2.86. The van der Waals surface area contributed by atoms with Gasteiger partial charge in [-0.3, -0.25) is 0 Å². The van der Waals surface area contributed by atoms with E-state index in [9.17, 15) is 0 Å². The SMILES string of the molecule is CNC(C)c1nc(-c2cc(C)cc(C)c2OC)cs1. The molecule has 102 valence electrons. The molecular weight excluding hydrogens is 256 g/mol. The minimum Gasteiger partial charge on any atom is -0.496 e. The van der Waals surface area contributed by atoms with Gasteiger partial charge in [-0.15, -0.1) is 11.3 Å². The molecule has 2 rings (SSSR count). The van der Waals surface area contributed by atoms with Crippen LogP contribution < -0.4 is 10.1 Å². The first-order chi connectivity index (χ1) is 9.06. The van der Waals surface area contributed by atoms with Crippen molar-refractivity contribution in [3.05, 3.63) is 33.6 Å². The van der Waals surface area contributed by atoms with E-state index in [4.69, 9.17) is 9.72 Å². The van der Waals surface area contributed by atoms with Crippen molar-refractivity contribution in [1.82, 2.24) is 10.3 Å². The average molecular weight is 276 g/mol. The normalized spacial score (nSPS) is 12.5. The molecule has 0 saturated carbocycles. The number of thiazole rings is 1. The highest BCUT2D eigenvalue weighted by atomic mass is 32.1. The molecular formula is C15H20N2OS. The summed E-state index contributed by atoms with van der Waals surface area (Å²) in [7, 11) is 3.66. The van der Waals surface area contributed by atoms with Crippen LogP contribution in [-0.4, -0.2) is 19.1 Å². The molecule has 3 nitrogen and oxygen atoms in total. The fourth-order valence-corrected chi connectivity index (χ4v) is 3.03. The van der Waals surface area contributed by atoms with Crippen molar-refractivity contribution >= 4 is 11.3 Å². The molecule has 0 amide bonds. The minimum atomic E-state index is 0.274. The third-order valence-electron chi connectivity index (χ3n) is 3.22. The van der Waals surface area contributed by atoms with E-state index in [-0.39, 0.29) is 6.04 Å². The predicted octanol–water partition coefficient (Wildman–Crippen LogP) is 3.72. The molecule has 0 aliphatic carbocycles. The number of ether oxygens (including phenoxy) is 1. The molecule has 0 saturated heterocycles. The summed E-state index contributed by atoms with van der Waals surface area (Å²) in [6.45, 7) is 6.28. The zero-order chi connectivity index (χ0) is 14.0. The maximum atomic E-state index is 5.53. The predicted molar refractivity (Wildman–Crippen MR) is 81.1 cm³/mol. The second-order valence-corrected chi connectivity index (χ2v) is 5.63. The van der Waals surface area contributed by atoms with Crippen LogP contribution in [0.3, 0.4) is 0 Å². The first-order valence-electron chi connectivity index (χ1n) is 6.35. The summed E-state index contributed by atoms with van der Waals surface area (Å²) in [6.07, 6.45) is 0. The summed E-state index contributed by atoms with van der Waals surface area (Å²) in [5.41, 5.74) is 4.44. The Hall–Kier alpha value is -1.39. The van der Waals surface area contributed by atoms with Gasteiger partial charge in [-0.1, -0.05) is 6.07 Å². The van der Waals surface area contributed by atoms with Crippen LogP contribution in [-0.2, 0) is 0 Å². The second-order valence-electron chi connectivity index (χ2n) is 4.74. The Morgan fingerprint density at radius 2 is 2.05 bits per heavy atom. The van der Waals surface area contributed by atoms with Crippen molar-refractivity contribution in [2.75, 3.05) is 14.2 Å². The number of benzene rings is 1. The van der Waals surface area contributed by atoms with Crippen LogP contribution in [0, 0.1) is 13.8 Å². The first-order valence-corrected chi connectivity index (χ1v) is 7.23. The van der Waals surface area contributed by atoms with Crippen molar-refractivity contribution in [2.24, 2.45) is 0 Å². The van der Waals surface area contributed by atoms with Gasteiger partial charge in [0.2, 0.25) is 0 Å². The van der Waals surface area contributed by atoms with Crippen molar-refractivity contribution in [3.8, 4) is 17.0 Å². The number of rotatable bonds is 4. The number of aromatic nitrogens is 1. The lowest BCUT2D eigenvalue weighted by Gasteiger charge is -2.11. The van der Waals surface area contributed by atoms with Gasteiger partial charge in [0.25, 0.3) is 0 Å². The van der Waals surface area contributed by atoms with Gasteiger partial charge in [-0.05, 0) is 45.0 Å². The number of hydrogen-bond acceptors (Lipinski definition) is 4. The Labute approximate surface area is 118 Å². The maximum Gasteiger partial charge on any atom is 0.131 e. The zero-order valence-electron chi connectivity index (χ0n) is 12.1. The topological polar surface area (TPSA) is 34.2 Å². The molecule has 1 atom stereocenters. The molecule has 0 radical (unpaired) electrons. The Kier molecular flexibility index (Phi) is 4.22. The lowest BCUT2D eigenvalue weighted by Crippen LogP contribution is -2.11. The van der Waals surface area contributed by atoms with Gasteiger partial charge in [0.1, 0.15) is 10.8 Å². The standard InChI is InChI=1S/C15H20N2OS/c1-9-6-10(2)14(18-5)12(7-9)13-8-19-15(17-13)11(3)16-4/h6-8,11,16H,1-5H3.